The molecule has 98 valence electrons. The summed E-state index contributed by atoms with van der Waals surface area (Å²) in [7, 11) is 0. The van der Waals surface area contributed by atoms with Crippen molar-refractivity contribution in [1.82, 2.24) is 0 Å². The van der Waals surface area contributed by atoms with Crippen LogP contribution in [0.2, 0.25) is 0 Å². The molecule has 1 aromatic rings. The first-order chi connectivity index (χ1) is 8.47. The van der Waals surface area contributed by atoms with E-state index < -0.39 is 0 Å². The summed E-state index contributed by atoms with van der Waals surface area (Å²) in [5.74, 6) is 0.469. The van der Waals surface area contributed by atoms with E-state index in [2.05, 4.69) is 36.7 Å². The number of nitrogens with zero attached hydrogens (tertiary/aromatic N) is 1. The van der Waals surface area contributed by atoms with Crippen molar-refractivity contribution in [2.24, 2.45) is 5.92 Å². The lowest BCUT2D eigenvalue weighted by atomic mass is 9.90. The van der Waals surface area contributed by atoms with Crippen molar-refractivity contribution in [3.8, 4) is 0 Å². The zero-order chi connectivity index (χ0) is 13.4. The normalized spacial score (nSPS) is 18.6. The zero-order valence-electron chi connectivity index (χ0n) is 11.0. The predicted molar refractivity (Wildman–Crippen MR) is 78.8 cm³/mol. The van der Waals surface area contributed by atoms with Crippen molar-refractivity contribution in [3.63, 3.8) is 0 Å². The van der Waals surface area contributed by atoms with Crippen LogP contribution in [0.25, 0.3) is 0 Å². The van der Waals surface area contributed by atoms with Crippen molar-refractivity contribution >= 4 is 33.2 Å². The van der Waals surface area contributed by atoms with Gasteiger partial charge in [-0.15, -0.1) is 0 Å². The average Bonchev–Trinajstić information content (AvgIpc) is 2.54. The minimum atomic E-state index is -0.0385. The monoisotopic (exact) mass is 310 g/mol. The maximum Gasteiger partial charge on any atom is 0.234 e. The lowest BCUT2D eigenvalue weighted by Gasteiger charge is -2.18. The van der Waals surface area contributed by atoms with Crippen LogP contribution in [0.4, 0.5) is 11.4 Å². The second kappa shape index (κ2) is 4.92. The first-order valence-electron chi connectivity index (χ1n) is 6.37. The largest absolute Gasteiger partial charge is 0.398 e. The summed E-state index contributed by atoms with van der Waals surface area (Å²) in [4.78, 5) is 14.4. The van der Waals surface area contributed by atoms with Crippen molar-refractivity contribution in [1.29, 1.82) is 0 Å². The summed E-state index contributed by atoms with van der Waals surface area (Å²) < 4.78 is 0.873. The summed E-state index contributed by atoms with van der Waals surface area (Å²) >= 11 is 3.45. The van der Waals surface area contributed by atoms with E-state index in [1.54, 1.807) is 0 Å². The SMILES string of the molecule is CCCN1C(=O)C(C(C)C)c2cc(Br)c(N)cc21. The molecule has 1 heterocycles. The molecule has 0 fully saturated rings. The maximum atomic E-state index is 12.5. The molecular formula is C14H19BrN2O. The van der Waals surface area contributed by atoms with E-state index in [0.717, 1.165) is 28.7 Å². The van der Waals surface area contributed by atoms with Crippen molar-refractivity contribution in [3.05, 3.63) is 22.2 Å². The lowest BCUT2D eigenvalue weighted by molar-refractivity contribution is -0.120. The standard InChI is InChI=1S/C14H19BrN2O/c1-4-5-17-12-7-11(16)10(15)6-9(12)13(8(2)3)14(17)18/h6-8,13H,4-5,16H2,1-3H3. The number of hydrogen-bond donors (Lipinski definition) is 1. The van der Waals surface area contributed by atoms with Crippen LogP contribution in [-0.2, 0) is 4.79 Å². The van der Waals surface area contributed by atoms with Gasteiger partial charge in [0.2, 0.25) is 5.91 Å². The van der Waals surface area contributed by atoms with Gasteiger partial charge in [0.05, 0.1) is 5.92 Å². The Hall–Kier alpha value is -1.03. The predicted octanol–water partition coefficient (Wildman–Crippen LogP) is 3.53. The smallest absolute Gasteiger partial charge is 0.234 e. The molecule has 1 aliphatic heterocycles. The second-order valence-corrected chi connectivity index (χ2v) is 6.00. The molecule has 0 radical (unpaired) electrons. The van der Waals surface area contributed by atoms with Crippen LogP contribution in [0.5, 0.6) is 0 Å². The number of carbonyl (C=O) groups is 1. The number of nitrogen functional groups attached to an aromatic ring is 1. The third-order valence-electron chi connectivity index (χ3n) is 3.42. The van der Waals surface area contributed by atoms with Gasteiger partial charge in [-0.25, -0.2) is 0 Å². The fourth-order valence-corrected chi connectivity index (χ4v) is 2.96. The molecule has 1 aromatic carbocycles. The van der Waals surface area contributed by atoms with E-state index in [1.807, 2.05) is 17.0 Å². The van der Waals surface area contributed by atoms with E-state index in [0.29, 0.717) is 11.6 Å². The number of hydrogen-bond acceptors (Lipinski definition) is 2. The lowest BCUT2D eigenvalue weighted by Crippen LogP contribution is -2.30. The second-order valence-electron chi connectivity index (χ2n) is 5.14. The van der Waals surface area contributed by atoms with Crippen LogP contribution in [0.15, 0.2) is 16.6 Å². The number of anilines is 2. The van der Waals surface area contributed by atoms with Gasteiger partial charge in [-0.3, -0.25) is 4.79 Å². The van der Waals surface area contributed by atoms with E-state index >= 15 is 0 Å². The summed E-state index contributed by atoms with van der Waals surface area (Å²) in [6.07, 6.45) is 0.950. The zero-order valence-corrected chi connectivity index (χ0v) is 12.6. The van der Waals surface area contributed by atoms with Crippen LogP contribution in [0, 0.1) is 5.92 Å². The van der Waals surface area contributed by atoms with E-state index in [4.69, 9.17) is 5.73 Å². The van der Waals surface area contributed by atoms with Gasteiger partial charge in [0.15, 0.2) is 0 Å². The molecule has 0 spiro atoms. The summed E-state index contributed by atoms with van der Waals surface area (Å²) in [6.45, 7) is 7.02. The summed E-state index contributed by atoms with van der Waals surface area (Å²) in [5, 5.41) is 0. The van der Waals surface area contributed by atoms with Gasteiger partial charge in [0, 0.05) is 22.4 Å². The Kier molecular flexibility index (Phi) is 3.66. The molecule has 0 saturated carbocycles. The van der Waals surface area contributed by atoms with E-state index in [1.165, 1.54) is 0 Å². The molecule has 1 atom stereocenters. The Morgan fingerprint density at radius 3 is 2.67 bits per heavy atom. The molecule has 1 amide bonds. The molecular weight excluding hydrogens is 292 g/mol. The Morgan fingerprint density at radius 1 is 1.44 bits per heavy atom. The highest BCUT2D eigenvalue weighted by molar-refractivity contribution is 9.10. The molecule has 0 bridgehead atoms. The maximum absolute atomic E-state index is 12.5. The molecule has 0 saturated heterocycles. The molecule has 3 nitrogen and oxygen atoms in total. The first-order valence-corrected chi connectivity index (χ1v) is 7.17. The van der Waals surface area contributed by atoms with Crippen LogP contribution < -0.4 is 10.6 Å². The van der Waals surface area contributed by atoms with E-state index in [9.17, 15) is 4.79 Å². The van der Waals surface area contributed by atoms with Crippen LogP contribution >= 0.6 is 15.9 Å². The van der Waals surface area contributed by atoms with Crippen molar-refractivity contribution in [2.45, 2.75) is 33.1 Å². The molecule has 1 unspecified atom stereocenters. The third kappa shape index (κ3) is 2.03. The summed E-state index contributed by atoms with van der Waals surface area (Å²) in [6, 6.07) is 3.91. The number of halogens is 1. The minimum absolute atomic E-state index is 0.0385. The molecule has 18 heavy (non-hydrogen) atoms. The van der Waals surface area contributed by atoms with Crippen LogP contribution in [-0.4, -0.2) is 12.5 Å². The number of nitrogens with two attached hydrogens (primary N) is 1. The molecule has 0 aliphatic carbocycles. The highest BCUT2D eigenvalue weighted by Gasteiger charge is 2.38. The Balaban J connectivity index is 2.55. The topological polar surface area (TPSA) is 46.3 Å². The van der Waals surface area contributed by atoms with E-state index in [-0.39, 0.29) is 11.8 Å². The average molecular weight is 311 g/mol. The van der Waals surface area contributed by atoms with Crippen LogP contribution in [0.1, 0.15) is 38.7 Å². The number of fused-ring (bicyclic) bond motifs is 1. The fraction of sp³-hybridized carbons (Fsp3) is 0.500. The third-order valence-corrected chi connectivity index (χ3v) is 4.10. The first kappa shape index (κ1) is 13.4. The van der Waals surface area contributed by atoms with Gasteiger partial charge < -0.3 is 10.6 Å². The summed E-state index contributed by atoms with van der Waals surface area (Å²) in [5.41, 5.74) is 8.71. The van der Waals surface area contributed by atoms with Gasteiger partial charge in [-0.2, -0.15) is 0 Å². The van der Waals surface area contributed by atoms with Gasteiger partial charge in [0.25, 0.3) is 0 Å². The molecule has 4 heteroatoms. The number of amides is 1. The van der Waals surface area contributed by atoms with Gasteiger partial charge in [0.1, 0.15) is 0 Å². The number of benzene rings is 1. The quantitative estimate of drug-likeness (QED) is 0.868. The Labute approximate surface area is 116 Å². The Bertz CT molecular complexity index is 485. The highest BCUT2D eigenvalue weighted by Crippen LogP contribution is 2.44. The number of rotatable bonds is 3. The highest BCUT2D eigenvalue weighted by atomic mass is 79.9. The molecule has 1 aliphatic rings. The molecule has 2 N–H and O–H groups in total. The van der Waals surface area contributed by atoms with Gasteiger partial charge >= 0.3 is 0 Å². The van der Waals surface area contributed by atoms with Gasteiger partial charge in [-0.1, -0.05) is 20.8 Å². The molecule has 2 rings (SSSR count). The fourth-order valence-electron chi connectivity index (χ4n) is 2.59. The molecule has 0 aromatic heterocycles. The van der Waals surface area contributed by atoms with Crippen molar-refractivity contribution in [2.75, 3.05) is 17.2 Å². The Morgan fingerprint density at radius 2 is 2.11 bits per heavy atom. The van der Waals surface area contributed by atoms with Gasteiger partial charge in [-0.05, 0) is 46.0 Å². The minimum Gasteiger partial charge on any atom is -0.398 e. The number of carbonyl (C=O) groups excluding carboxylic acids is 1. The van der Waals surface area contributed by atoms with Crippen LogP contribution in [0.3, 0.4) is 0 Å². The van der Waals surface area contributed by atoms with Crippen molar-refractivity contribution < 1.29 is 4.79 Å².